The number of rotatable bonds is 6. The van der Waals surface area contributed by atoms with Crippen LogP contribution in [0, 0.1) is 0 Å². The van der Waals surface area contributed by atoms with Gasteiger partial charge in [-0.1, -0.05) is 6.07 Å². The number of thiophene rings is 1. The Balaban J connectivity index is 0.000000370. The highest BCUT2D eigenvalue weighted by atomic mass is 32.1. The van der Waals surface area contributed by atoms with E-state index in [0.29, 0.717) is 6.54 Å². The van der Waals surface area contributed by atoms with Gasteiger partial charge in [0.05, 0.1) is 12.3 Å². The van der Waals surface area contributed by atoms with Gasteiger partial charge in [-0.3, -0.25) is 4.68 Å². The largest absolute Gasteiger partial charge is 0.490 e. The van der Waals surface area contributed by atoms with Crippen LogP contribution in [0.4, 0.5) is 13.2 Å². The van der Waals surface area contributed by atoms with Gasteiger partial charge in [-0.15, -0.1) is 11.3 Å². The van der Waals surface area contributed by atoms with Crippen LogP contribution in [-0.4, -0.2) is 38.7 Å². The van der Waals surface area contributed by atoms with Crippen molar-refractivity contribution in [3.05, 3.63) is 53.2 Å². The monoisotopic (exact) mass is 429 g/mol. The maximum atomic E-state index is 10.6. The third-order valence-corrected chi connectivity index (χ3v) is 5.10. The van der Waals surface area contributed by atoms with Crippen LogP contribution in [0.5, 0.6) is 0 Å². The summed E-state index contributed by atoms with van der Waals surface area (Å²) in [6.45, 7) is 5.48. The lowest BCUT2D eigenvalue weighted by atomic mass is 10.1. The summed E-state index contributed by atoms with van der Waals surface area (Å²) in [7, 11) is 0. The van der Waals surface area contributed by atoms with E-state index in [1.807, 2.05) is 17.8 Å². The zero-order chi connectivity index (χ0) is 21.6. The SMILES string of the molecule is CCn1cc(C(O)CNC(C)c2ccc3sccc3c2)cn1.O=C(O)C(F)(F)F. The molecule has 3 N–H and O–H groups in total. The summed E-state index contributed by atoms with van der Waals surface area (Å²) in [6, 6.07) is 8.86. The Morgan fingerprint density at radius 2 is 2.00 bits per heavy atom. The standard InChI is InChI=1S/C17H21N3OS.C2HF3O2/c1-3-20-11-15(9-19-20)16(21)10-18-12(2)13-4-5-17-14(8-13)6-7-22-17;3-2(4,5)1(6)7/h4-9,11-12,16,18,21H,3,10H2,1-2H3;(H,6,7). The first-order valence-corrected chi connectivity index (χ1v) is 9.70. The molecular formula is C19H22F3N3O3S. The molecule has 158 valence electrons. The number of aromatic nitrogens is 2. The molecule has 0 radical (unpaired) electrons. The minimum Gasteiger partial charge on any atom is -0.475 e. The second-order valence-electron chi connectivity index (χ2n) is 6.30. The summed E-state index contributed by atoms with van der Waals surface area (Å²) in [5.41, 5.74) is 2.09. The van der Waals surface area contributed by atoms with Gasteiger partial charge in [0.1, 0.15) is 0 Å². The molecule has 1 aromatic carbocycles. The van der Waals surface area contributed by atoms with Crippen molar-refractivity contribution >= 4 is 27.4 Å². The van der Waals surface area contributed by atoms with Crippen molar-refractivity contribution in [3.8, 4) is 0 Å². The van der Waals surface area contributed by atoms with E-state index in [2.05, 4.69) is 47.0 Å². The van der Waals surface area contributed by atoms with Crippen LogP contribution in [0.2, 0.25) is 0 Å². The number of carbonyl (C=O) groups is 1. The van der Waals surface area contributed by atoms with E-state index in [9.17, 15) is 18.3 Å². The Morgan fingerprint density at radius 3 is 2.59 bits per heavy atom. The molecule has 0 fully saturated rings. The fraction of sp³-hybridized carbons (Fsp3) is 0.368. The summed E-state index contributed by atoms with van der Waals surface area (Å²) in [6.07, 6.45) is -1.99. The van der Waals surface area contributed by atoms with Gasteiger partial charge in [0, 0.05) is 35.6 Å². The topological polar surface area (TPSA) is 87.4 Å². The number of carboxylic acids is 1. The molecule has 2 unspecified atom stereocenters. The Hall–Kier alpha value is -2.43. The van der Waals surface area contributed by atoms with Crippen LogP contribution in [-0.2, 0) is 11.3 Å². The lowest BCUT2D eigenvalue weighted by Crippen LogP contribution is -2.24. The fourth-order valence-corrected chi connectivity index (χ4v) is 3.27. The predicted molar refractivity (Wildman–Crippen MR) is 105 cm³/mol. The van der Waals surface area contributed by atoms with E-state index in [1.54, 1.807) is 17.5 Å². The van der Waals surface area contributed by atoms with E-state index in [4.69, 9.17) is 9.90 Å². The number of benzene rings is 1. The van der Waals surface area contributed by atoms with E-state index in [-0.39, 0.29) is 6.04 Å². The molecule has 0 saturated carbocycles. The van der Waals surface area contributed by atoms with E-state index in [1.165, 1.54) is 15.6 Å². The van der Waals surface area contributed by atoms with Crippen molar-refractivity contribution in [2.75, 3.05) is 6.54 Å². The number of carboxylic acid groups (broad SMARTS) is 1. The van der Waals surface area contributed by atoms with Crippen LogP contribution < -0.4 is 5.32 Å². The highest BCUT2D eigenvalue weighted by molar-refractivity contribution is 7.17. The molecule has 2 atom stereocenters. The molecule has 3 rings (SSSR count). The Bertz CT molecular complexity index is 939. The lowest BCUT2D eigenvalue weighted by molar-refractivity contribution is -0.192. The van der Waals surface area contributed by atoms with Crippen molar-refractivity contribution in [1.29, 1.82) is 0 Å². The number of halogens is 3. The molecule has 0 amide bonds. The van der Waals surface area contributed by atoms with Gasteiger partial charge in [-0.05, 0) is 48.4 Å². The molecule has 0 saturated heterocycles. The molecule has 0 aliphatic heterocycles. The second kappa shape index (κ2) is 9.86. The predicted octanol–water partition coefficient (Wildman–Crippen LogP) is 4.14. The minimum atomic E-state index is -5.08. The van der Waals surface area contributed by atoms with Crippen molar-refractivity contribution in [2.24, 2.45) is 0 Å². The number of nitrogens with zero attached hydrogens (tertiary/aromatic N) is 2. The first-order valence-electron chi connectivity index (χ1n) is 8.83. The number of aliphatic hydroxyl groups excluding tert-OH is 1. The first kappa shape index (κ1) is 22.9. The molecule has 3 aromatic rings. The lowest BCUT2D eigenvalue weighted by Gasteiger charge is -2.17. The van der Waals surface area contributed by atoms with Crippen molar-refractivity contribution < 1.29 is 28.2 Å². The van der Waals surface area contributed by atoms with Gasteiger partial charge >= 0.3 is 12.1 Å². The number of fused-ring (bicyclic) bond motifs is 1. The number of aliphatic hydroxyl groups is 1. The maximum absolute atomic E-state index is 10.6. The number of aliphatic carboxylic acids is 1. The molecule has 10 heteroatoms. The molecule has 0 bridgehead atoms. The van der Waals surface area contributed by atoms with Gasteiger partial charge in [-0.2, -0.15) is 18.3 Å². The molecule has 0 spiro atoms. The Kier molecular flexibility index (Phi) is 7.77. The zero-order valence-corrected chi connectivity index (χ0v) is 16.7. The summed E-state index contributed by atoms with van der Waals surface area (Å²) in [5.74, 6) is -2.76. The van der Waals surface area contributed by atoms with Crippen molar-refractivity contribution in [2.45, 2.75) is 38.7 Å². The van der Waals surface area contributed by atoms with E-state index < -0.39 is 18.2 Å². The molecule has 6 nitrogen and oxygen atoms in total. The summed E-state index contributed by atoms with van der Waals surface area (Å²) in [5, 5.41) is 28.4. The third-order valence-electron chi connectivity index (χ3n) is 4.20. The van der Waals surface area contributed by atoms with E-state index in [0.717, 1.165) is 12.1 Å². The Labute approximate surface area is 169 Å². The van der Waals surface area contributed by atoms with Crippen LogP contribution >= 0.6 is 11.3 Å². The number of hydrogen-bond donors (Lipinski definition) is 3. The number of hydrogen-bond acceptors (Lipinski definition) is 5. The summed E-state index contributed by atoms with van der Waals surface area (Å²) >= 11 is 1.76. The van der Waals surface area contributed by atoms with Gasteiger partial charge in [0.25, 0.3) is 0 Å². The number of nitrogens with one attached hydrogen (secondary N) is 1. The molecule has 2 heterocycles. The summed E-state index contributed by atoms with van der Waals surface area (Å²) < 4.78 is 34.9. The van der Waals surface area contributed by atoms with Gasteiger partial charge < -0.3 is 15.5 Å². The Morgan fingerprint density at radius 1 is 1.31 bits per heavy atom. The van der Waals surface area contributed by atoms with Crippen LogP contribution in [0.25, 0.3) is 10.1 Å². The average Bonchev–Trinajstić information content (AvgIpc) is 3.33. The molecular weight excluding hydrogens is 407 g/mol. The highest BCUT2D eigenvalue weighted by Gasteiger charge is 2.38. The van der Waals surface area contributed by atoms with Gasteiger partial charge in [-0.25, -0.2) is 4.79 Å². The third kappa shape index (κ3) is 6.55. The molecule has 0 aliphatic rings. The van der Waals surface area contributed by atoms with Crippen molar-refractivity contribution in [3.63, 3.8) is 0 Å². The first-order chi connectivity index (χ1) is 13.6. The van der Waals surface area contributed by atoms with E-state index >= 15 is 0 Å². The normalized spacial score (nSPS) is 13.6. The molecule has 2 aromatic heterocycles. The van der Waals surface area contributed by atoms with Crippen LogP contribution in [0.3, 0.4) is 0 Å². The van der Waals surface area contributed by atoms with Crippen LogP contribution in [0.1, 0.15) is 37.1 Å². The highest BCUT2D eigenvalue weighted by Crippen LogP contribution is 2.25. The van der Waals surface area contributed by atoms with Gasteiger partial charge in [0.2, 0.25) is 0 Å². The smallest absolute Gasteiger partial charge is 0.475 e. The molecule has 0 aliphatic carbocycles. The van der Waals surface area contributed by atoms with Gasteiger partial charge in [0.15, 0.2) is 0 Å². The maximum Gasteiger partial charge on any atom is 0.490 e. The average molecular weight is 429 g/mol. The van der Waals surface area contributed by atoms with Crippen LogP contribution in [0.15, 0.2) is 42.0 Å². The van der Waals surface area contributed by atoms with Crippen molar-refractivity contribution in [1.82, 2.24) is 15.1 Å². The second-order valence-corrected chi connectivity index (χ2v) is 7.24. The minimum absolute atomic E-state index is 0.195. The fourth-order valence-electron chi connectivity index (χ4n) is 2.50. The number of alkyl halides is 3. The quantitative estimate of drug-likeness (QED) is 0.548. The number of aryl methyl sites for hydroxylation is 1. The summed E-state index contributed by atoms with van der Waals surface area (Å²) in [4.78, 5) is 8.90. The zero-order valence-electron chi connectivity index (χ0n) is 15.8. The molecule has 29 heavy (non-hydrogen) atoms.